The van der Waals surface area contributed by atoms with Crippen LogP contribution in [0.15, 0.2) is 15.9 Å². The van der Waals surface area contributed by atoms with Gasteiger partial charge in [0.1, 0.15) is 4.34 Å². The summed E-state index contributed by atoms with van der Waals surface area (Å²) in [6.07, 6.45) is 4.29. The third kappa shape index (κ3) is 4.98. The van der Waals surface area contributed by atoms with E-state index in [0.29, 0.717) is 6.04 Å². The van der Waals surface area contributed by atoms with Gasteiger partial charge in [-0.2, -0.15) is 0 Å². The van der Waals surface area contributed by atoms with Crippen molar-refractivity contribution in [3.8, 4) is 0 Å². The molecule has 0 saturated heterocycles. The second-order valence-corrected chi connectivity index (χ2v) is 5.53. The molecule has 0 fully saturated rings. The van der Waals surface area contributed by atoms with E-state index in [1.54, 1.807) is 11.3 Å². The molecule has 0 saturated carbocycles. The minimum atomic E-state index is 0.627. The molecular formula is C10H18N2S2. The zero-order chi connectivity index (χ0) is 10.2. The summed E-state index contributed by atoms with van der Waals surface area (Å²) >= 11 is 3.58. The molecule has 0 aliphatic carbocycles. The van der Waals surface area contributed by atoms with Crippen molar-refractivity contribution in [2.75, 3.05) is 12.3 Å². The third-order valence-electron chi connectivity index (χ3n) is 1.93. The summed E-state index contributed by atoms with van der Waals surface area (Å²) in [4.78, 5) is 4.24. The molecule has 1 unspecified atom stereocenters. The van der Waals surface area contributed by atoms with E-state index in [0.717, 1.165) is 12.3 Å². The lowest BCUT2D eigenvalue weighted by atomic mass is 10.2. The summed E-state index contributed by atoms with van der Waals surface area (Å²) in [6.45, 7) is 5.57. The first-order valence-electron chi connectivity index (χ1n) is 5.08. The predicted octanol–water partition coefficient (Wildman–Crippen LogP) is 3.01. The zero-order valence-corrected chi connectivity index (χ0v) is 10.5. The lowest BCUT2D eigenvalue weighted by molar-refractivity contribution is 0.536. The predicted molar refractivity (Wildman–Crippen MR) is 65.2 cm³/mol. The van der Waals surface area contributed by atoms with Gasteiger partial charge in [-0.25, -0.2) is 4.98 Å². The Kier molecular flexibility index (Phi) is 6.23. The molecule has 1 aromatic heterocycles. The van der Waals surface area contributed by atoms with E-state index in [1.165, 1.54) is 17.2 Å². The van der Waals surface area contributed by atoms with Gasteiger partial charge in [0, 0.05) is 23.4 Å². The Morgan fingerprint density at radius 2 is 2.50 bits per heavy atom. The van der Waals surface area contributed by atoms with Crippen molar-refractivity contribution in [3.63, 3.8) is 0 Å². The largest absolute Gasteiger partial charge is 0.314 e. The van der Waals surface area contributed by atoms with Crippen molar-refractivity contribution in [1.29, 1.82) is 0 Å². The number of thioether (sulfide) groups is 1. The second kappa shape index (κ2) is 7.26. The van der Waals surface area contributed by atoms with Gasteiger partial charge in [-0.15, -0.1) is 11.3 Å². The maximum absolute atomic E-state index is 4.24. The van der Waals surface area contributed by atoms with Crippen LogP contribution in [0, 0.1) is 0 Å². The molecule has 0 aliphatic rings. The number of hydrogen-bond donors (Lipinski definition) is 1. The average Bonchev–Trinajstić information content (AvgIpc) is 2.67. The van der Waals surface area contributed by atoms with Gasteiger partial charge in [-0.3, -0.25) is 0 Å². The summed E-state index contributed by atoms with van der Waals surface area (Å²) in [5, 5.41) is 5.51. The number of thiazole rings is 1. The summed E-state index contributed by atoms with van der Waals surface area (Å²) in [7, 11) is 0. The highest BCUT2D eigenvalue weighted by Crippen LogP contribution is 2.21. The van der Waals surface area contributed by atoms with Crippen LogP contribution in [-0.4, -0.2) is 23.3 Å². The first-order chi connectivity index (χ1) is 6.83. The van der Waals surface area contributed by atoms with Crippen molar-refractivity contribution in [3.05, 3.63) is 11.6 Å². The minimum Gasteiger partial charge on any atom is -0.314 e. The number of hydrogen-bond acceptors (Lipinski definition) is 4. The van der Waals surface area contributed by atoms with Crippen LogP contribution in [0.25, 0.3) is 0 Å². The van der Waals surface area contributed by atoms with Crippen molar-refractivity contribution < 1.29 is 0 Å². The fraction of sp³-hybridized carbons (Fsp3) is 0.700. The first kappa shape index (κ1) is 12.0. The van der Waals surface area contributed by atoms with Gasteiger partial charge < -0.3 is 5.32 Å². The first-order valence-corrected chi connectivity index (χ1v) is 6.95. The standard InChI is InChI=1S/C10H18N2S2/c1-3-5-11-9(2)4-7-13-10-12-6-8-14-10/h6,8-9,11H,3-5,7H2,1-2H3. The zero-order valence-electron chi connectivity index (χ0n) is 8.82. The van der Waals surface area contributed by atoms with Gasteiger partial charge in [0.15, 0.2) is 0 Å². The third-order valence-corrected chi connectivity index (χ3v) is 3.93. The summed E-state index contributed by atoms with van der Waals surface area (Å²) in [5.74, 6) is 1.16. The topological polar surface area (TPSA) is 24.9 Å². The van der Waals surface area contributed by atoms with Crippen LogP contribution in [0.3, 0.4) is 0 Å². The summed E-state index contributed by atoms with van der Waals surface area (Å²) in [5.41, 5.74) is 0. The Bertz CT molecular complexity index is 224. The maximum atomic E-state index is 4.24. The molecular weight excluding hydrogens is 212 g/mol. The van der Waals surface area contributed by atoms with Crippen LogP contribution in [0.4, 0.5) is 0 Å². The molecule has 0 aromatic carbocycles. The molecule has 0 spiro atoms. The summed E-state index contributed by atoms with van der Waals surface area (Å²) in [6, 6.07) is 0.627. The van der Waals surface area contributed by atoms with Crippen molar-refractivity contribution >= 4 is 23.1 Å². The Balaban J connectivity index is 2.03. The van der Waals surface area contributed by atoms with E-state index in [2.05, 4.69) is 24.1 Å². The Morgan fingerprint density at radius 3 is 3.14 bits per heavy atom. The SMILES string of the molecule is CCCNC(C)CCSc1nccs1. The van der Waals surface area contributed by atoms with Crippen molar-refractivity contribution in [1.82, 2.24) is 10.3 Å². The van der Waals surface area contributed by atoms with Gasteiger partial charge in [-0.1, -0.05) is 18.7 Å². The molecule has 14 heavy (non-hydrogen) atoms. The second-order valence-electron chi connectivity index (χ2n) is 3.29. The van der Waals surface area contributed by atoms with Crippen LogP contribution in [-0.2, 0) is 0 Å². The number of rotatable bonds is 7. The van der Waals surface area contributed by atoms with Crippen molar-refractivity contribution in [2.45, 2.75) is 37.1 Å². The van der Waals surface area contributed by atoms with Crippen molar-refractivity contribution in [2.24, 2.45) is 0 Å². The molecule has 0 radical (unpaired) electrons. The van der Waals surface area contributed by atoms with E-state index in [9.17, 15) is 0 Å². The highest BCUT2D eigenvalue weighted by molar-refractivity contribution is 8.00. The molecule has 2 nitrogen and oxygen atoms in total. The highest BCUT2D eigenvalue weighted by Gasteiger charge is 2.01. The highest BCUT2D eigenvalue weighted by atomic mass is 32.2. The minimum absolute atomic E-state index is 0.627. The van der Waals surface area contributed by atoms with Gasteiger partial charge in [-0.05, 0) is 26.3 Å². The van der Waals surface area contributed by atoms with Crippen LogP contribution in [0.2, 0.25) is 0 Å². The molecule has 0 bridgehead atoms. The lowest BCUT2D eigenvalue weighted by Gasteiger charge is -2.11. The number of nitrogens with one attached hydrogen (secondary N) is 1. The Morgan fingerprint density at radius 1 is 1.64 bits per heavy atom. The van der Waals surface area contributed by atoms with Crippen LogP contribution in [0.5, 0.6) is 0 Å². The molecule has 1 aromatic rings. The van der Waals surface area contributed by atoms with Crippen LogP contribution in [0.1, 0.15) is 26.7 Å². The molecule has 1 rings (SSSR count). The van der Waals surface area contributed by atoms with Gasteiger partial charge in [0.25, 0.3) is 0 Å². The number of nitrogens with zero attached hydrogens (tertiary/aromatic N) is 1. The van der Waals surface area contributed by atoms with Gasteiger partial charge in [0.05, 0.1) is 0 Å². The van der Waals surface area contributed by atoms with E-state index >= 15 is 0 Å². The smallest absolute Gasteiger partial charge is 0.149 e. The monoisotopic (exact) mass is 230 g/mol. The molecule has 1 N–H and O–H groups in total. The molecule has 0 amide bonds. The molecule has 80 valence electrons. The quantitative estimate of drug-likeness (QED) is 0.729. The van der Waals surface area contributed by atoms with Gasteiger partial charge >= 0.3 is 0 Å². The molecule has 1 heterocycles. The van der Waals surface area contributed by atoms with Crippen LogP contribution >= 0.6 is 23.1 Å². The molecule has 0 aliphatic heterocycles. The number of aromatic nitrogens is 1. The van der Waals surface area contributed by atoms with Crippen LogP contribution < -0.4 is 5.32 Å². The van der Waals surface area contributed by atoms with E-state index < -0.39 is 0 Å². The van der Waals surface area contributed by atoms with E-state index in [4.69, 9.17) is 0 Å². The normalized spacial score (nSPS) is 13.0. The maximum Gasteiger partial charge on any atom is 0.149 e. The van der Waals surface area contributed by atoms with E-state index in [-0.39, 0.29) is 0 Å². The lowest BCUT2D eigenvalue weighted by Crippen LogP contribution is -2.27. The Labute approximate surface area is 94.5 Å². The summed E-state index contributed by atoms with van der Waals surface area (Å²) < 4.78 is 1.19. The Hall–Kier alpha value is -0.0600. The van der Waals surface area contributed by atoms with E-state index in [1.807, 2.05) is 23.3 Å². The fourth-order valence-corrected chi connectivity index (χ4v) is 2.93. The average molecular weight is 230 g/mol. The molecule has 1 atom stereocenters. The molecule has 4 heteroatoms. The van der Waals surface area contributed by atoms with Gasteiger partial charge in [0.2, 0.25) is 0 Å². The fourth-order valence-electron chi connectivity index (χ4n) is 1.10.